The summed E-state index contributed by atoms with van der Waals surface area (Å²) in [5.41, 5.74) is 2.34. The topological polar surface area (TPSA) is 170 Å². The van der Waals surface area contributed by atoms with E-state index in [4.69, 9.17) is 18.9 Å². The van der Waals surface area contributed by atoms with Crippen LogP contribution in [0.3, 0.4) is 0 Å². The third-order valence-electron chi connectivity index (χ3n) is 8.86. The summed E-state index contributed by atoms with van der Waals surface area (Å²) < 4.78 is 20.8. The fraction of sp³-hybridized carbons (Fsp3) is 0.354. The number of esters is 1. The Morgan fingerprint density at radius 2 is 1.11 bits per heavy atom. The van der Waals surface area contributed by atoms with Gasteiger partial charge in [0.05, 0.1) is 4.75 Å². The van der Waals surface area contributed by atoms with Gasteiger partial charge in [-0.3, -0.25) is 4.79 Å². The van der Waals surface area contributed by atoms with E-state index in [1.54, 1.807) is 65.4 Å². The lowest BCUT2D eigenvalue weighted by Crippen LogP contribution is -2.50. The third-order valence-corrected chi connectivity index (χ3v) is 10.4. The maximum atomic E-state index is 13.7. The van der Waals surface area contributed by atoms with E-state index in [2.05, 4.69) is 64.2 Å². The van der Waals surface area contributed by atoms with Crippen molar-refractivity contribution in [2.24, 2.45) is 0 Å². The summed E-state index contributed by atoms with van der Waals surface area (Å²) in [5.74, 6) is -0.389. The molecule has 0 aliphatic rings. The van der Waals surface area contributed by atoms with Gasteiger partial charge in [-0.25, -0.2) is 19.2 Å². The first-order valence-corrected chi connectivity index (χ1v) is 21.4. The van der Waals surface area contributed by atoms with Crippen molar-refractivity contribution >= 4 is 41.9 Å². The number of carbonyl (C=O) groups excluding carboxylic acids is 5. The smallest absolute Gasteiger partial charge is 0.412 e. The molecular formula is C48H58N4O9S. The number of hydrogen-bond donors (Lipinski definition) is 4. The van der Waals surface area contributed by atoms with Gasteiger partial charge in [-0.1, -0.05) is 116 Å². The van der Waals surface area contributed by atoms with Gasteiger partial charge in [0.2, 0.25) is 5.91 Å². The van der Waals surface area contributed by atoms with Crippen LogP contribution in [0.1, 0.15) is 70.2 Å². The number of carbonyl (C=O) groups is 5. The van der Waals surface area contributed by atoms with Gasteiger partial charge in [0.1, 0.15) is 35.6 Å². The van der Waals surface area contributed by atoms with E-state index in [-0.39, 0.29) is 38.3 Å². The minimum absolute atomic E-state index is 0.0243. The zero-order valence-corrected chi connectivity index (χ0v) is 37.1. The highest BCUT2D eigenvalue weighted by Gasteiger charge is 2.37. The van der Waals surface area contributed by atoms with Crippen LogP contribution in [0.2, 0.25) is 0 Å². The Hall–Kier alpha value is -6.28. The Balaban J connectivity index is 1.38. The molecule has 0 saturated carbocycles. The van der Waals surface area contributed by atoms with E-state index in [1.165, 1.54) is 18.2 Å². The first-order chi connectivity index (χ1) is 29.5. The van der Waals surface area contributed by atoms with Crippen molar-refractivity contribution in [3.8, 4) is 5.75 Å². The number of benzene rings is 4. The predicted molar refractivity (Wildman–Crippen MR) is 241 cm³/mol. The molecule has 14 heteroatoms. The summed E-state index contributed by atoms with van der Waals surface area (Å²) >= 11 is 1.69. The highest BCUT2D eigenvalue weighted by atomic mass is 32.2. The van der Waals surface area contributed by atoms with E-state index in [0.29, 0.717) is 11.3 Å². The highest BCUT2D eigenvalue weighted by molar-refractivity contribution is 8.00. The molecule has 0 heterocycles. The Labute approximate surface area is 368 Å². The summed E-state index contributed by atoms with van der Waals surface area (Å²) in [7, 11) is 0. The minimum Gasteiger partial charge on any atom is -0.460 e. The molecule has 13 nitrogen and oxygen atoms in total. The van der Waals surface area contributed by atoms with Crippen molar-refractivity contribution in [2.75, 3.05) is 25.4 Å². The minimum atomic E-state index is -1.05. The summed E-state index contributed by atoms with van der Waals surface area (Å²) in [6, 6.07) is 35.0. The highest BCUT2D eigenvalue weighted by Crippen LogP contribution is 2.48. The molecule has 0 radical (unpaired) electrons. The molecule has 0 spiro atoms. The second-order valence-electron chi connectivity index (χ2n) is 16.2. The van der Waals surface area contributed by atoms with Gasteiger partial charge in [-0.15, -0.1) is 11.8 Å². The van der Waals surface area contributed by atoms with Crippen molar-refractivity contribution < 1.29 is 42.9 Å². The van der Waals surface area contributed by atoms with Crippen LogP contribution in [0.5, 0.6) is 5.75 Å². The maximum Gasteiger partial charge on any atom is 0.412 e. The van der Waals surface area contributed by atoms with Gasteiger partial charge in [-0.05, 0) is 82.3 Å². The molecule has 0 aliphatic carbocycles. The molecule has 0 fully saturated rings. The van der Waals surface area contributed by atoms with Gasteiger partial charge >= 0.3 is 24.2 Å². The number of rotatable bonds is 19. The van der Waals surface area contributed by atoms with Crippen LogP contribution in [0.15, 0.2) is 128 Å². The lowest BCUT2D eigenvalue weighted by molar-refractivity contribution is -0.144. The number of amides is 4. The number of ether oxygens (including phenoxy) is 4. The summed E-state index contributed by atoms with van der Waals surface area (Å²) in [4.78, 5) is 64.5. The first kappa shape index (κ1) is 48.4. The number of alkyl carbamates (subject to hydrolysis) is 2. The van der Waals surface area contributed by atoms with Crippen LogP contribution in [0, 0.1) is 0 Å². The average Bonchev–Trinajstić information content (AvgIpc) is 3.22. The van der Waals surface area contributed by atoms with E-state index in [0.717, 1.165) is 16.7 Å². The van der Waals surface area contributed by atoms with Crippen molar-refractivity contribution in [1.29, 1.82) is 0 Å². The van der Waals surface area contributed by atoms with Gasteiger partial charge in [-0.2, -0.15) is 0 Å². The molecule has 4 rings (SSSR count). The number of hydrogen-bond acceptors (Lipinski definition) is 10. The van der Waals surface area contributed by atoms with Crippen LogP contribution in [-0.2, 0) is 35.0 Å². The van der Waals surface area contributed by atoms with Crippen molar-refractivity contribution in [2.45, 2.75) is 82.4 Å². The van der Waals surface area contributed by atoms with Crippen molar-refractivity contribution in [3.63, 3.8) is 0 Å². The molecule has 62 heavy (non-hydrogen) atoms. The number of thioether (sulfide) groups is 1. The van der Waals surface area contributed by atoms with Gasteiger partial charge < -0.3 is 40.2 Å². The SMILES string of the molecule is C=CCOC(=O)C(Cc1ccc(OC(=O)NCCC(NC(=O)OC(C)(C)C)C(=O)NCCSC(c2ccccc2)(c2ccccc2)c2ccccc2)cc1)NC(=O)OC(C)(C)C. The fourth-order valence-corrected chi connectivity index (χ4v) is 7.68. The fourth-order valence-electron chi connectivity index (χ4n) is 6.26. The van der Waals surface area contributed by atoms with E-state index in [1.807, 2.05) is 54.6 Å². The second-order valence-corrected chi connectivity index (χ2v) is 17.5. The molecule has 0 bridgehead atoms. The Bertz CT molecular complexity index is 1970. The second kappa shape index (κ2) is 23.1. The van der Waals surface area contributed by atoms with Crippen LogP contribution in [-0.4, -0.2) is 78.9 Å². The normalized spacial score (nSPS) is 12.4. The standard InChI is InChI=1S/C48H58N4O9S/c1-8-31-58-42(54)40(52-45(57)61-47(5,6)7)33-34-24-26-38(27-25-34)59-43(55)50-29-28-39(51-44(56)60-46(2,3)4)41(53)49-30-32-62-48(35-18-12-9-13-19-35,36-20-14-10-15-21-36)37-22-16-11-17-23-37/h8-27,39-40H,1,28-33H2,2-7H3,(H,49,53)(H,50,55)(H,51,56)(H,52,57). The molecule has 0 aliphatic heterocycles. The van der Waals surface area contributed by atoms with Crippen LogP contribution in [0.25, 0.3) is 0 Å². The van der Waals surface area contributed by atoms with Crippen LogP contribution in [0.4, 0.5) is 14.4 Å². The number of nitrogens with one attached hydrogen (secondary N) is 4. The van der Waals surface area contributed by atoms with Gasteiger partial charge in [0, 0.05) is 25.3 Å². The average molecular weight is 867 g/mol. The zero-order valence-electron chi connectivity index (χ0n) is 36.2. The summed E-state index contributed by atoms with van der Waals surface area (Å²) in [6.07, 6.45) is -0.819. The largest absolute Gasteiger partial charge is 0.460 e. The summed E-state index contributed by atoms with van der Waals surface area (Å²) in [5, 5.41) is 10.8. The lowest BCUT2D eigenvalue weighted by atomic mass is 9.84. The Morgan fingerprint density at radius 1 is 0.629 bits per heavy atom. The predicted octanol–water partition coefficient (Wildman–Crippen LogP) is 8.06. The van der Waals surface area contributed by atoms with Crippen LogP contribution >= 0.6 is 11.8 Å². The lowest BCUT2D eigenvalue weighted by Gasteiger charge is -2.35. The maximum absolute atomic E-state index is 13.7. The Kier molecular flexibility index (Phi) is 18.0. The molecule has 4 aromatic rings. The van der Waals surface area contributed by atoms with Gasteiger partial charge in [0.25, 0.3) is 0 Å². The van der Waals surface area contributed by atoms with E-state index in [9.17, 15) is 24.0 Å². The molecule has 2 atom stereocenters. The van der Waals surface area contributed by atoms with Gasteiger partial charge in [0.15, 0.2) is 0 Å². The molecule has 330 valence electrons. The first-order valence-electron chi connectivity index (χ1n) is 20.4. The molecule has 0 saturated heterocycles. The van der Waals surface area contributed by atoms with Crippen molar-refractivity contribution in [3.05, 3.63) is 150 Å². The molecule has 4 N–H and O–H groups in total. The van der Waals surface area contributed by atoms with Crippen molar-refractivity contribution in [1.82, 2.24) is 21.3 Å². The quantitative estimate of drug-likeness (QED) is 0.0238. The molecule has 0 aromatic heterocycles. The van der Waals surface area contributed by atoms with Crippen LogP contribution < -0.4 is 26.0 Å². The summed E-state index contributed by atoms with van der Waals surface area (Å²) in [6.45, 7) is 14.1. The molecule has 4 amide bonds. The molecular weight excluding hydrogens is 809 g/mol. The van der Waals surface area contributed by atoms with E-state index < -0.39 is 58.2 Å². The Morgan fingerprint density at radius 3 is 1.58 bits per heavy atom. The monoisotopic (exact) mass is 866 g/mol. The third kappa shape index (κ3) is 15.6. The zero-order chi connectivity index (χ0) is 45.2. The molecule has 2 unspecified atom stereocenters. The van der Waals surface area contributed by atoms with E-state index >= 15 is 0 Å². The molecule has 4 aromatic carbocycles.